The molecule has 2 aromatic rings. The smallest absolute Gasteiger partial charge is 0.253 e. The number of likely N-dealkylation sites (tertiary alicyclic amines) is 3. The number of allylic oxidation sites excluding steroid dienone is 1. The number of hydrogen-bond donors (Lipinski definition) is 0. The van der Waals surface area contributed by atoms with Gasteiger partial charge in [-0.2, -0.15) is 0 Å². The number of aromatic nitrogens is 1. The summed E-state index contributed by atoms with van der Waals surface area (Å²) in [6, 6.07) is 12.3. The van der Waals surface area contributed by atoms with Crippen LogP contribution in [0.5, 0.6) is 0 Å². The summed E-state index contributed by atoms with van der Waals surface area (Å²) in [5.41, 5.74) is 3.50. The zero-order valence-electron chi connectivity index (χ0n) is 21.2. The van der Waals surface area contributed by atoms with E-state index in [1.165, 1.54) is 5.56 Å². The third kappa shape index (κ3) is 4.87. The lowest BCUT2D eigenvalue weighted by molar-refractivity contribution is -0.135. The van der Waals surface area contributed by atoms with Gasteiger partial charge in [0, 0.05) is 61.7 Å². The summed E-state index contributed by atoms with van der Waals surface area (Å²) >= 11 is 0. The number of amides is 2. The van der Waals surface area contributed by atoms with Crippen LogP contribution in [0.1, 0.15) is 49.3 Å². The van der Waals surface area contributed by atoms with Crippen LogP contribution in [0.25, 0.3) is 11.6 Å². The molecule has 188 valence electrons. The van der Waals surface area contributed by atoms with Crippen molar-refractivity contribution < 1.29 is 9.59 Å². The van der Waals surface area contributed by atoms with Crippen molar-refractivity contribution >= 4 is 23.5 Å². The van der Waals surface area contributed by atoms with Crippen molar-refractivity contribution in [2.45, 2.75) is 45.2 Å². The van der Waals surface area contributed by atoms with Gasteiger partial charge in [-0.05, 0) is 56.3 Å². The highest BCUT2D eigenvalue weighted by molar-refractivity contribution is 6.19. The van der Waals surface area contributed by atoms with Gasteiger partial charge in [0.1, 0.15) is 0 Å². The van der Waals surface area contributed by atoms with Crippen LogP contribution in [-0.2, 0) is 16.1 Å². The maximum atomic E-state index is 13.6. The highest BCUT2D eigenvalue weighted by Gasteiger charge is 2.47. The van der Waals surface area contributed by atoms with Crippen LogP contribution in [0.3, 0.4) is 0 Å². The second-order valence-electron chi connectivity index (χ2n) is 10.5. The lowest BCUT2D eigenvalue weighted by Crippen LogP contribution is -2.45. The monoisotopic (exact) mass is 484 g/mol. The topological polar surface area (TPSA) is 56.8 Å². The van der Waals surface area contributed by atoms with E-state index in [9.17, 15) is 9.59 Å². The normalized spacial score (nSPS) is 24.3. The average molecular weight is 485 g/mol. The molecule has 3 aliphatic heterocycles. The van der Waals surface area contributed by atoms with Crippen molar-refractivity contribution in [2.75, 3.05) is 32.7 Å². The van der Waals surface area contributed by atoms with Crippen molar-refractivity contribution in [1.29, 1.82) is 0 Å². The van der Waals surface area contributed by atoms with E-state index in [0.29, 0.717) is 18.7 Å². The first-order valence-electron chi connectivity index (χ1n) is 13.1. The Balaban J connectivity index is 1.21. The number of benzene rings is 1. The molecule has 0 saturated carbocycles. The molecule has 36 heavy (non-hydrogen) atoms. The second-order valence-corrected chi connectivity index (χ2v) is 10.5. The molecule has 3 saturated heterocycles. The molecule has 6 nitrogen and oxygen atoms in total. The Kier molecular flexibility index (Phi) is 7.06. The summed E-state index contributed by atoms with van der Waals surface area (Å²) in [5.74, 6) is 0.251. The number of carbonyl (C=O) groups is 2. The van der Waals surface area contributed by atoms with Crippen molar-refractivity contribution in [3.63, 3.8) is 0 Å². The van der Waals surface area contributed by atoms with E-state index in [1.807, 2.05) is 36.1 Å². The predicted molar refractivity (Wildman–Crippen MR) is 143 cm³/mol. The molecule has 5 rings (SSSR count). The fourth-order valence-electron chi connectivity index (χ4n) is 6.19. The zero-order valence-corrected chi connectivity index (χ0v) is 21.2. The molecule has 0 bridgehead atoms. The molecule has 0 N–H and O–H groups in total. The van der Waals surface area contributed by atoms with E-state index in [2.05, 4.69) is 45.6 Å². The number of hydrogen-bond acceptors (Lipinski definition) is 4. The molecule has 3 aliphatic rings. The predicted octanol–water partition coefficient (Wildman–Crippen LogP) is 4.24. The fourth-order valence-corrected chi connectivity index (χ4v) is 6.19. The minimum atomic E-state index is -0.0315. The highest BCUT2D eigenvalue weighted by atomic mass is 16.2. The van der Waals surface area contributed by atoms with E-state index in [0.717, 1.165) is 63.0 Å². The van der Waals surface area contributed by atoms with Crippen molar-refractivity contribution in [3.8, 4) is 0 Å². The van der Waals surface area contributed by atoms with Crippen LogP contribution in [0.2, 0.25) is 0 Å². The van der Waals surface area contributed by atoms with E-state index in [4.69, 9.17) is 0 Å². The molecule has 2 atom stereocenters. The summed E-state index contributed by atoms with van der Waals surface area (Å²) in [6.07, 6.45) is 11.3. The zero-order chi connectivity index (χ0) is 25.1. The molecule has 3 fully saturated rings. The molecular weight excluding hydrogens is 448 g/mol. The lowest BCUT2D eigenvalue weighted by atomic mass is 9.86. The molecule has 0 aliphatic carbocycles. The summed E-state index contributed by atoms with van der Waals surface area (Å²) in [6.45, 7) is 10.8. The fraction of sp³-hybridized carbons (Fsp3) is 0.433. The lowest BCUT2D eigenvalue weighted by Gasteiger charge is -2.29. The number of carbonyl (C=O) groups excluding carboxylic acids is 2. The van der Waals surface area contributed by atoms with Gasteiger partial charge in [0.25, 0.3) is 5.91 Å². The maximum absolute atomic E-state index is 13.6. The van der Waals surface area contributed by atoms with Crippen molar-refractivity contribution in [3.05, 3.63) is 78.1 Å². The van der Waals surface area contributed by atoms with Crippen LogP contribution < -0.4 is 0 Å². The van der Waals surface area contributed by atoms with Gasteiger partial charge in [-0.1, -0.05) is 49.1 Å². The van der Waals surface area contributed by atoms with Crippen LogP contribution >= 0.6 is 0 Å². The van der Waals surface area contributed by atoms with Crippen molar-refractivity contribution in [1.82, 2.24) is 19.7 Å². The van der Waals surface area contributed by atoms with Gasteiger partial charge >= 0.3 is 0 Å². The first-order valence-corrected chi connectivity index (χ1v) is 13.1. The van der Waals surface area contributed by atoms with Crippen LogP contribution in [0.15, 0.2) is 61.4 Å². The van der Waals surface area contributed by atoms with E-state index in [-0.39, 0.29) is 23.3 Å². The van der Waals surface area contributed by atoms with E-state index >= 15 is 0 Å². The Hall–Kier alpha value is -3.25. The average Bonchev–Trinajstić information content (AvgIpc) is 3.65. The number of rotatable bonds is 6. The Morgan fingerprint density at radius 1 is 1.08 bits per heavy atom. The molecule has 2 amide bonds. The summed E-state index contributed by atoms with van der Waals surface area (Å²) in [4.78, 5) is 37.5. The molecule has 1 aromatic carbocycles. The van der Waals surface area contributed by atoms with E-state index in [1.54, 1.807) is 12.4 Å². The molecule has 6 heteroatoms. The molecule has 1 spiro atoms. The van der Waals surface area contributed by atoms with Gasteiger partial charge in [0.15, 0.2) is 0 Å². The third-order valence-electron chi connectivity index (χ3n) is 8.13. The Morgan fingerprint density at radius 2 is 1.83 bits per heavy atom. The van der Waals surface area contributed by atoms with Crippen LogP contribution in [0.4, 0.5) is 0 Å². The summed E-state index contributed by atoms with van der Waals surface area (Å²) in [7, 11) is 0. The van der Waals surface area contributed by atoms with Crippen LogP contribution in [-0.4, -0.2) is 70.3 Å². The Morgan fingerprint density at radius 3 is 2.61 bits per heavy atom. The molecular formula is C30H36N4O2. The van der Waals surface area contributed by atoms with Gasteiger partial charge in [-0.3, -0.25) is 19.5 Å². The summed E-state index contributed by atoms with van der Waals surface area (Å²) < 4.78 is 0. The van der Waals surface area contributed by atoms with Gasteiger partial charge in [0.2, 0.25) is 5.91 Å². The standard InChI is InChI=1S/C30H36N4O2/c1-3-8-25-19-31-15-12-26(25)23(2)28(35)33-17-13-30(21-33)14-18-34(22-30)29(36)27-11-7-16-32(27)20-24-9-5-4-6-10-24/h3-6,8-10,12,15,19,27H,2,7,11,13-14,16-18,20-22H2,1H3/b8-3-/t27-,30-/m1/s1. The minimum absolute atomic E-state index is 0.00113. The molecule has 0 unspecified atom stereocenters. The van der Waals surface area contributed by atoms with Gasteiger partial charge in [-0.25, -0.2) is 0 Å². The third-order valence-corrected chi connectivity index (χ3v) is 8.13. The first kappa shape index (κ1) is 24.4. The van der Waals surface area contributed by atoms with Gasteiger partial charge < -0.3 is 9.80 Å². The maximum Gasteiger partial charge on any atom is 0.253 e. The minimum Gasteiger partial charge on any atom is -0.341 e. The van der Waals surface area contributed by atoms with Crippen molar-refractivity contribution in [2.24, 2.45) is 5.41 Å². The van der Waals surface area contributed by atoms with E-state index < -0.39 is 0 Å². The molecule has 4 heterocycles. The van der Waals surface area contributed by atoms with Gasteiger partial charge in [-0.15, -0.1) is 0 Å². The van der Waals surface area contributed by atoms with Crippen LogP contribution in [0, 0.1) is 5.41 Å². The Labute approximate surface area is 214 Å². The SMILES string of the molecule is C=C(C(=O)N1CC[C@@]2(CCN(C(=O)[C@H]3CCCN3Cc3ccccc3)C2)C1)c1ccncc1/C=C\C. The Bertz CT molecular complexity index is 1160. The molecule has 0 radical (unpaired) electrons. The number of pyridine rings is 1. The first-order chi connectivity index (χ1) is 17.5. The van der Waals surface area contributed by atoms with Gasteiger partial charge in [0.05, 0.1) is 6.04 Å². The second kappa shape index (κ2) is 10.4. The quantitative estimate of drug-likeness (QED) is 0.576. The molecule has 1 aromatic heterocycles. The largest absolute Gasteiger partial charge is 0.341 e. The number of nitrogens with zero attached hydrogens (tertiary/aromatic N) is 4. The highest BCUT2D eigenvalue weighted by Crippen LogP contribution is 2.41. The summed E-state index contributed by atoms with van der Waals surface area (Å²) in [5, 5.41) is 0.